The number of phenols is 1. The Hall–Kier alpha value is -4.49. The number of Topliss-reactive ketones (excluding diaryl/α,β-unsaturated/α-hetero) is 1. The molecule has 0 aliphatic carbocycles. The summed E-state index contributed by atoms with van der Waals surface area (Å²) in [4.78, 5) is 57.2. The van der Waals surface area contributed by atoms with Crippen LogP contribution in [-0.2, 0) is 32.0 Å². The van der Waals surface area contributed by atoms with Crippen molar-refractivity contribution in [2.75, 3.05) is 27.2 Å². The van der Waals surface area contributed by atoms with Gasteiger partial charge in [0.15, 0.2) is 11.7 Å². The molecule has 0 saturated heterocycles. The Labute approximate surface area is 283 Å². The van der Waals surface area contributed by atoms with Gasteiger partial charge in [-0.15, -0.1) is 0 Å². The van der Waals surface area contributed by atoms with Crippen molar-refractivity contribution in [3.8, 4) is 5.75 Å². The molecule has 11 N–H and O–H groups in total. The molecule has 0 aliphatic rings. The van der Waals surface area contributed by atoms with E-state index in [0.29, 0.717) is 32.2 Å². The first kappa shape index (κ1) is 39.7. The topological polar surface area (TPSA) is 227 Å². The van der Waals surface area contributed by atoms with Gasteiger partial charge >= 0.3 is 0 Å². The number of aliphatic imine (C=N–C) groups is 1. The summed E-state index contributed by atoms with van der Waals surface area (Å²) < 4.78 is 0. The maximum atomic E-state index is 14.1. The number of amides is 3. The number of unbranched alkanes of at least 4 members (excludes halogenated alkanes) is 1. The standard InChI is InChI=1S/C35H54N8O5/c1-22-17-26(44)18-23(2)27(22)21-29(42-34(48)28(36)14-10-16-41-35(38)40-4)31(45)20-25(13-8-9-15-39-3)33(47)43-30(32(37)46)19-24-11-6-5-7-12-24/h5-7,11-12,17-18,25,28-30,39,44H,8-10,13-16,19-21,36H2,1-4H3,(H2,37,46)(H,42,48)(H,43,47)(H3,38,40,41). The summed E-state index contributed by atoms with van der Waals surface area (Å²) in [5.41, 5.74) is 20.7. The number of hydrogen-bond acceptors (Lipinski definition) is 8. The monoisotopic (exact) mass is 666 g/mol. The van der Waals surface area contributed by atoms with E-state index in [9.17, 15) is 24.3 Å². The number of guanidine groups is 1. The molecular weight excluding hydrogens is 612 g/mol. The quantitative estimate of drug-likeness (QED) is 0.0536. The SMILES string of the molecule is CN=C(N)NCCCC(N)C(=O)NC(Cc1c(C)cc(O)cc1C)C(=O)CC(CCCCNC)C(=O)NC(Cc1ccccc1)C(N)=O. The van der Waals surface area contributed by atoms with Crippen LogP contribution in [0.2, 0.25) is 0 Å². The second-order valence-electron chi connectivity index (χ2n) is 12.2. The molecule has 0 heterocycles. The van der Waals surface area contributed by atoms with Crippen LogP contribution in [0.5, 0.6) is 5.75 Å². The van der Waals surface area contributed by atoms with Gasteiger partial charge in [-0.05, 0) is 87.5 Å². The molecule has 0 fully saturated rings. The van der Waals surface area contributed by atoms with Crippen molar-refractivity contribution in [3.05, 3.63) is 64.7 Å². The number of aryl methyl sites for hydroxylation is 2. The summed E-state index contributed by atoms with van der Waals surface area (Å²) in [6, 6.07) is 9.58. The summed E-state index contributed by atoms with van der Waals surface area (Å²) >= 11 is 0. The highest BCUT2D eigenvalue weighted by molar-refractivity contribution is 5.95. The lowest BCUT2D eigenvalue weighted by atomic mass is 9.88. The molecule has 0 spiro atoms. The van der Waals surface area contributed by atoms with Crippen LogP contribution in [0.4, 0.5) is 0 Å². The van der Waals surface area contributed by atoms with Crippen LogP contribution in [0.25, 0.3) is 0 Å². The highest BCUT2D eigenvalue weighted by Crippen LogP contribution is 2.24. The Bertz CT molecular complexity index is 1360. The predicted octanol–water partition coefficient (Wildman–Crippen LogP) is 0.856. The first-order valence-electron chi connectivity index (χ1n) is 16.5. The number of carbonyl (C=O) groups excluding carboxylic acids is 4. The number of nitrogens with zero attached hydrogens (tertiary/aromatic N) is 1. The van der Waals surface area contributed by atoms with Gasteiger partial charge in [0.05, 0.1) is 12.1 Å². The molecule has 48 heavy (non-hydrogen) atoms. The third kappa shape index (κ3) is 13.7. The van der Waals surface area contributed by atoms with Gasteiger partial charge in [0.1, 0.15) is 11.8 Å². The molecule has 264 valence electrons. The molecule has 4 atom stereocenters. The molecule has 13 nitrogen and oxygen atoms in total. The zero-order chi connectivity index (χ0) is 35.6. The van der Waals surface area contributed by atoms with Crippen LogP contribution in [-0.4, -0.2) is 79.9 Å². The Morgan fingerprint density at radius 2 is 1.50 bits per heavy atom. The third-order valence-corrected chi connectivity index (χ3v) is 8.36. The number of primary amides is 1. The lowest BCUT2D eigenvalue weighted by Gasteiger charge is -2.25. The Morgan fingerprint density at radius 3 is 2.10 bits per heavy atom. The lowest BCUT2D eigenvalue weighted by Crippen LogP contribution is -2.51. The maximum Gasteiger partial charge on any atom is 0.240 e. The van der Waals surface area contributed by atoms with Crippen LogP contribution in [0.1, 0.15) is 60.8 Å². The van der Waals surface area contributed by atoms with Crippen LogP contribution in [0.3, 0.4) is 0 Å². The maximum absolute atomic E-state index is 14.1. The van der Waals surface area contributed by atoms with Gasteiger partial charge in [-0.25, -0.2) is 0 Å². The first-order chi connectivity index (χ1) is 22.9. The van der Waals surface area contributed by atoms with Crippen LogP contribution in [0.15, 0.2) is 47.5 Å². The van der Waals surface area contributed by atoms with Crippen LogP contribution < -0.4 is 38.5 Å². The number of phenolic OH excluding ortho intramolecular Hbond substituents is 1. The zero-order valence-electron chi connectivity index (χ0n) is 28.7. The minimum absolute atomic E-state index is 0.0999. The predicted molar refractivity (Wildman–Crippen MR) is 188 cm³/mol. The van der Waals surface area contributed by atoms with Gasteiger partial charge in [0.2, 0.25) is 17.7 Å². The third-order valence-electron chi connectivity index (χ3n) is 8.36. The normalized spacial score (nSPS) is 14.0. The number of aromatic hydroxyl groups is 1. The number of nitrogens with two attached hydrogens (primary N) is 3. The van der Waals surface area contributed by atoms with E-state index in [0.717, 1.165) is 35.2 Å². The molecule has 2 rings (SSSR count). The summed E-state index contributed by atoms with van der Waals surface area (Å²) in [5.74, 6) is -2.35. The second-order valence-corrected chi connectivity index (χ2v) is 12.2. The van der Waals surface area contributed by atoms with E-state index in [1.807, 2.05) is 51.2 Å². The van der Waals surface area contributed by atoms with E-state index in [-0.39, 0.29) is 36.8 Å². The highest BCUT2D eigenvalue weighted by Gasteiger charge is 2.31. The molecule has 0 aliphatic heterocycles. The minimum Gasteiger partial charge on any atom is -0.508 e. The van der Waals surface area contributed by atoms with Gasteiger partial charge in [-0.1, -0.05) is 36.8 Å². The number of carbonyl (C=O) groups is 4. The van der Waals surface area contributed by atoms with E-state index >= 15 is 0 Å². The summed E-state index contributed by atoms with van der Waals surface area (Å²) in [6.07, 6.45) is 2.90. The number of hydrogen-bond donors (Lipinski definition) is 8. The van der Waals surface area contributed by atoms with Gasteiger partial charge in [-0.2, -0.15) is 0 Å². The van der Waals surface area contributed by atoms with Crippen molar-refractivity contribution < 1.29 is 24.3 Å². The Balaban J connectivity index is 2.29. The smallest absolute Gasteiger partial charge is 0.240 e. The van der Waals surface area contributed by atoms with E-state index in [4.69, 9.17) is 17.2 Å². The van der Waals surface area contributed by atoms with Crippen molar-refractivity contribution >= 4 is 29.5 Å². The summed E-state index contributed by atoms with van der Waals surface area (Å²) in [7, 11) is 3.40. The Kier molecular flexibility index (Phi) is 17.1. The molecule has 0 aromatic heterocycles. The average molecular weight is 667 g/mol. The molecule has 0 bridgehead atoms. The number of ketones is 1. The van der Waals surface area contributed by atoms with Gasteiger partial charge in [0, 0.05) is 38.8 Å². The van der Waals surface area contributed by atoms with Crippen molar-refractivity contribution in [2.24, 2.45) is 28.1 Å². The van der Waals surface area contributed by atoms with Gasteiger partial charge in [-0.3, -0.25) is 24.2 Å². The fourth-order valence-corrected chi connectivity index (χ4v) is 5.53. The highest BCUT2D eigenvalue weighted by atomic mass is 16.3. The van der Waals surface area contributed by atoms with Crippen molar-refractivity contribution in [1.82, 2.24) is 21.3 Å². The molecule has 2 aromatic rings. The molecule has 2 aromatic carbocycles. The molecule has 13 heteroatoms. The van der Waals surface area contributed by atoms with E-state index < -0.39 is 41.8 Å². The molecular formula is C35H54N8O5. The molecule has 3 amide bonds. The van der Waals surface area contributed by atoms with E-state index in [1.54, 1.807) is 19.2 Å². The molecule has 4 unspecified atom stereocenters. The fraction of sp³-hybridized carbons (Fsp3) is 0.514. The minimum atomic E-state index is -0.990. The van der Waals surface area contributed by atoms with Crippen molar-refractivity contribution in [3.63, 3.8) is 0 Å². The van der Waals surface area contributed by atoms with E-state index in [1.165, 1.54) is 0 Å². The number of benzene rings is 2. The average Bonchev–Trinajstić information content (AvgIpc) is 3.05. The van der Waals surface area contributed by atoms with Gasteiger partial charge in [0.25, 0.3) is 0 Å². The lowest BCUT2D eigenvalue weighted by molar-refractivity contribution is -0.133. The summed E-state index contributed by atoms with van der Waals surface area (Å²) in [5, 5.41) is 21.7. The first-order valence-corrected chi connectivity index (χ1v) is 16.5. The number of rotatable bonds is 21. The largest absolute Gasteiger partial charge is 0.508 e. The molecule has 0 saturated carbocycles. The van der Waals surface area contributed by atoms with Gasteiger partial charge < -0.3 is 43.6 Å². The molecule has 0 radical (unpaired) electrons. The van der Waals surface area contributed by atoms with Crippen LogP contribution in [0, 0.1) is 19.8 Å². The van der Waals surface area contributed by atoms with Crippen molar-refractivity contribution in [2.45, 2.75) is 83.3 Å². The van der Waals surface area contributed by atoms with Crippen LogP contribution >= 0.6 is 0 Å². The summed E-state index contributed by atoms with van der Waals surface area (Å²) in [6.45, 7) is 4.86. The number of nitrogens with one attached hydrogen (secondary N) is 4. The zero-order valence-corrected chi connectivity index (χ0v) is 28.7. The second kappa shape index (κ2) is 20.7. The van der Waals surface area contributed by atoms with E-state index in [2.05, 4.69) is 26.3 Å². The fourth-order valence-electron chi connectivity index (χ4n) is 5.53. The Morgan fingerprint density at radius 1 is 0.854 bits per heavy atom. The van der Waals surface area contributed by atoms with Crippen molar-refractivity contribution in [1.29, 1.82) is 0 Å².